The summed E-state index contributed by atoms with van der Waals surface area (Å²) in [7, 11) is 1.87. The number of benzene rings is 1. The largest absolute Gasteiger partial charge is 0.387 e. The van der Waals surface area contributed by atoms with E-state index in [-0.39, 0.29) is 5.91 Å². The number of nitrogens with one attached hydrogen (secondary N) is 1. The monoisotopic (exact) mass is 260 g/mol. The fraction of sp³-hybridized carbons (Fsp3) is 0.562. The number of amides is 1. The zero-order valence-corrected chi connectivity index (χ0v) is 12.0. The van der Waals surface area contributed by atoms with Gasteiger partial charge in [-0.25, -0.2) is 0 Å². The molecule has 0 aromatic heterocycles. The molecule has 1 fully saturated rings. The molecular weight excluding hydrogens is 236 g/mol. The summed E-state index contributed by atoms with van der Waals surface area (Å²) in [4.78, 5) is 14.7. The number of carbonyl (C=O) groups excluding carboxylic acids is 1. The van der Waals surface area contributed by atoms with Gasteiger partial charge < -0.3 is 10.2 Å². The van der Waals surface area contributed by atoms with Crippen molar-refractivity contribution in [1.29, 1.82) is 0 Å². The van der Waals surface area contributed by atoms with E-state index in [1.54, 1.807) is 0 Å². The van der Waals surface area contributed by atoms with E-state index in [9.17, 15) is 4.79 Å². The van der Waals surface area contributed by atoms with Gasteiger partial charge in [0.2, 0.25) is 0 Å². The third-order valence-corrected chi connectivity index (χ3v) is 3.82. The molecule has 0 spiro atoms. The summed E-state index contributed by atoms with van der Waals surface area (Å²) in [5, 5.41) is 3.12. The van der Waals surface area contributed by atoms with E-state index < -0.39 is 0 Å². The van der Waals surface area contributed by atoms with Gasteiger partial charge in [-0.3, -0.25) is 4.79 Å². The SMILES string of the molecule is CNc1ccc(C)cc1C(=O)N1CCCCCCC1. The van der Waals surface area contributed by atoms with Crippen LogP contribution in [-0.4, -0.2) is 30.9 Å². The molecule has 1 N–H and O–H groups in total. The number of carbonyl (C=O) groups is 1. The van der Waals surface area contributed by atoms with Gasteiger partial charge in [-0.2, -0.15) is 0 Å². The number of rotatable bonds is 2. The molecule has 1 aliphatic rings. The van der Waals surface area contributed by atoms with Gasteiger partial charge in [0.1, 0.15) is 0 Å². The maximum absolute atomic E-state index is 12.7. The van der Waals surface area contributed by atoms with Crippen molar-refractivity contribution >= 4 is 11.6 Å². The van der Waals surface area contributed by atoms with E-state index in [1.807, 2.05) is 37.1 Å². The molecule has 0 saturated carbocycles. The van der Waals surface area contributed by atoms with Crippen molar-refractivity contribution < 1.29 is 4.79 Å². The lowest BCUT2D eigenvalue weighted by atomic mass is 10.1. The molecule has 2 rings (SSSR count). The molecule has 3 heteroatoms. The van der Waals surface area contributed by atoms with Crippen LogP contribution in [0, 0.1) is 6.92 Å². The molecule has 0 atom stereocenters. The van der Waals surface area contributed by atoms with Crippen molar-refractivity contribution in [2.75, 3.05) is 25.5 Å². The maximum atomic E-state index is 12.7. The first-order valence-corrected chi connectivity index (χ1v) is 7.30. The summed E-state index contributed by atoms with van der Waals surface area (Å²) in [6.07, 6.45) is 6.07. The average molecular weight is 260 g/mol. The van der Waals surface area contributed by atoms with Crippen molar-refractivity contribution in [3.05, 3.63) is 29.3 Å². The van der Waals surface area contributed by atoms with Gasteiger partial charge in [-0.05, 0) is 31.9 Å². The van der Waals surface area contributed by atoms with E-state index in [0.717, 1.165) is 42.7 Å². The van der Waals surface area contributed by atoms with E-state index in [4.69, 9.17) is 0 Å². The quantitative estimate of drug-likeness (QED) is 0.883. The van der Waals surface area contributed by atoms with Gasteiger partial charge in [0.05, 0.1) is 5.56 Å². The van der Waals surface area contributed by atoms with Gasteiger partial charge in [0.15, 0.2) is 0 Å². The van der Waals surface area contributed by atoms with Crippen molar-refractivity contribution in [2.45, 2.75) is 39.0 Å². The first-order valence-electron chi connectivity index (χ1n) is 7.30. The van der Waals surface area contributed by atoms with Crippen LogP contribution in [-0.2, 0) is 0 Å². The summed E-state index contributed by atoms with van der Waals surface area (Å²) < 4.78 is 0. The fourth-order valence-electron chi connectivity index (χ4n) is 2.67. The number of aryl methyl sites for hydroxylation is 1. The molecule has 1 aliphatic heterocycles. The normalized spacial score (nSPS) is 16.6. The highest BCUT2D eigenvalue weighted by atomic mass is 16.2. The predicted molar refractivity (Wildman–Crippen MR) is 79.7 cm³/mol. The van der Waals surface area contributed by atoms with Crippen LogP contribution in [0.2, 0.25) is 0 Å². The Balaban J connectivity index is 2.19. The summed E-state index contributed by atoms with van der Waals surface area (Å²) in [6.45, 7) is 3.83. The number of hydrogen-bond donors (Lipinski definition) is 1. The molecule has 1 aromatic rings. The highest BCUT2D eigenvalue weighted by Crippen LogP contribution is 2.20. The molecule has 104 valence electrons. The minimum absolute atomic E-state index is 0.176. The second-order valence-electron chi connectivity index (χ2n) is 5.36. The van der Waals surface area contributed by atoms with Gasteiger partial charge in [-0.1, -0.05) is 30.9 Å². The molecule has 1 saturated heterocycles. The Kier molecular flexibility index (Phi) is 4.83. The second kappa shape index (κ2) is 6.60. The molecule has 0 bridgehead atoms. The van der Waals surface area contributed by atoms with Crippen molar-refractivity contribution in [2.24, 2.45) is 0 Å². The van der Waals surface area contributed by atoms with Crippen molar-refractivity contribution in [3.63, 3.8) is 0 Å². The molecule has 19 heavy (non-hydrogen) atoms. The van der Waals surface area contributed by atoms with Crippen LogP contribution >= 0.6 is 0 Å². The Morgan fingerprint density at radius 2 is 1.74 bits per heavy atom. The molecule has 1 heterocycles. The molecule has 1 amide bonds. The molecule has 0 radical (unpaired) electrons. The maximum Gasteiger partial charge on any atom is 0.255 e. The topological polar surface area (TPSA) is 32.3 Å². The molecular formula is C16H24N2O. The second-order valence-corrected chi connectivity index (χ2v) is 5.36. The van der Waals surface area contributed by atoms with Crippen LogP contribution in [0.3, 0.4) is 0 Å². The number of anilines is 1. The third-order valence-electron chi connectivity index (χ3n) is 3.82. The van der Waals surface area contributed by atoms with Crippen LogP contribution in [0.15, 0.2) is 18.2 Å². The Morgan fingerprint density at radius 1 is 1.11 bits per heavy atom. The lowest BCUT2D eigenvalue weighted by Crippen LogP contribution is -2.34. The van der Waals surface area contributed by atoms with E-state index in [1.165, 1.54) is 19.3 Å². The Bertz CT molecular complexity index is 434. The van der Waals surface area contributed by atoms with Crippen molar-refractivity contribution in [1.82, 2.24) is 4.90 Å². The molecule has 3 nitrogen and oxygen atoms in total. The number of likely N-dealkylation sites (tertiary alicyclic amines) is 1. The van der Waals surface area contributed by atoms with Crippen LogP contribution in [0.4, 0.5) is 5.69 Å². The smallest absolute Gasteiger partial charge is 0.255 e. The minimum Gasteiger partial charge on any atom is -0.387 e. The van der Waals surface area contributed by atoms with Gasteiger partial charge >= 0.3 is 0 Å². The fourth-order valence-corrected chi connectivity index (χ4v) is 2.67. The summed E-state index contributed by atoms with van der Waals surface area (Å²) >= 11 is 0. The van der Waals surface area contributed by atoms with Crippen LogP contribution in [0.25, 0.3) is 0 Å². The Hall–Kier alpha value is -1.51. The summed E-state index contributed by atoms with van der Waals surface area (Å²) in [6, 6.07) is 6.02. The standard InChI is InChI=1S/C16H24N2O/c1-13-8-9-15(17-2)14(12-13)16(19)18-10-6-4-3-5-7-11-18/h8-9,12,17H,3-7,10-11H2,1-2H3. The summed E-state index contributed by atoms with van der Waals surface area (Å²) in [5.41, 5.74) is 2.87. The summed E-state index contributed by atoms with van der Waals surface area (Å²) in [5.74, 6) is 0.176. The van der Waals surface area contributed by atoms with Crippen LogP contribution in [0.5, 0.6) is 0 Å². The zero-order valence-electron chi connectivity index (χ0n) is 12.0. The van der Waals surface area contributed by atoms with Crippen LogP contribution in [0.1, 0.15) is 48.0 Å². The molecule has 0 unspecified atom stereocenters. The number of hydrogen-bond acceptors (Lipinski definition) is 2. The predicted octanol–water partition coefficient (Wildman–Crippen LogP) is 3.44. The van der Waals surface area contributed by atoms with E-state index >= 15 is 0 Å². The Labute approximate surface area is 116 Å². The lowest BCUT2D eigenvalue weighted by Gasteiger charge is -2.26. The van der Waals surface area contributed by atoms with Gasteiger partial charge in [0, 0.05) is 25.8 Å². The van der Waals surface area contributed by atoms with Crippen LogP contribution < -0.4 is 5.32 Å². The molecule has 0 aliphatic carbocycles. The zero-order chi connectivity index (χ0) is 13.7. The van der Waals surface area contributed by atoms with E-state index in [2.05, 4.69) is 5.32 Å². The minimum atomic E-state index is 0.176. The lowest BCUT2D eigenvalue weighted by molar-refractivity contribution is 0.0743. The molecule has 1 aromatic carbocycles. The van der Waals surface area contributed by atoms with Gasteiger partial charge in [0.25, 0.3) is 5.91 Å². The first-order chi connectivity index (χ1) is 9.22. The van der Waals surface area contributed by atoms with E-state index in [0.29, 0.717) is 0 Å². The third kappa shape index (κ3) is 3.49. The average Bonchev–Trinajstić information content (AvgIpc) is 2.37. The van der Waals surface area contributed by atoms with Gasteiger partial charge in [-0.15, -0.1) is 0 Å². The Morgan fingerprint density at radius 3 is 2.37 bits per heavy atom. The highest BCUT2D eigenvalue weighted by Gasteiger charge is 2.19. The first kappa shape index (κ1) is 13.9. The number of nitrogens with zero attached hydrogens (tertiary/aromatic N) is 1. The highest BCUT2D eigenvalue weighted by molar-refractivity contribution is 5.99. The van der Waals surface area contributed by atoms with Crippen molar-refractivity contribution in [3.8, 4) is 0 Å².